The highest BCUT2D eigenvalue weighted by molar-refractivity contribution is 5.79. The summed E-state index contributed by atoms with van der Waals surface area (Å²) < 4.78 is 11.7. The Morgan fingerprint density at radius 2 is 1.88 bits per heavy atom. The molecular formula is C20H25NO4. The molecule has 0 radical (unpaired) electrons. The lowest BCUT2D eigenvalue weighted by molar-refractivity contribution is -0.154. The average molecular weight is 343 g/mol. The molecule has 0 bridgehead atoms. The first kappa shape index (κ1) is 16.6. The predicted molar refractivity (Wildman–Crippen MR) is 91.6 cm³/mol. The van der Waals surface area contributed by atoms with Crippen molar-refractivity contribution in [2.24, 2.45) is 5.92 Å². The Kier molecular flexibility index (Phi) is 4.50. The van der Waals surface area contributed by atoms with Crippen LogP contribution in [0.5, 0.6) is 0 Å². The molecule has 1 aromatic carbocycles. The van der Waals surface area contributed by atoms with E-state index in [0.717, 1.165) is 31.2 Å². The number of amides is 1. The van der Waals surface area contributed by atoms with Gasteiger partial charge in [0.1, 0.15) is 6.10 Å². The lowest BCUT2D eigenvalue weighted by Gasteiger charge is -2.40. The number of benzene rings is 1. The van der Waals surface area contributed by atoms with Crippen LogP contribution in [0.1, 0.15) is 44.6 Å². The predicted octanol–water partition coefficient (Wildman–Crippen LogP) is 2.68. The Hall–Kier alpha value is -1.88. The van der Waals surface area contributed by atoms with E-state index < -0.39 is 0 Å². The van der Waals surface area contributed by atoms with Gasteiger partial charge in [0.2, 0.25) is 5.91 Å². The molecule has 1 aromatic rings. The van der Waals surface area contributed by atoms with E-state index in [9.17, 15) is 9.59 Å². The van der Waals surface area contributed by atoms with Crippen molar-refractivity contribution in [1.82, 2.24) is 4.90 Å². The molecule has 3 aliphatic rings. The minimum absolute atomic E-state index is 0.0227. The van der Waals surface area contributed by atoms with Gasteiger partial charge in [-0.05, 0) is 31.2 Å². The second kappa shape index (κ2) is 6.79. The van der Waals surface area contributed by atoms with E-state index in [2.05, 4.69) is 12.1 Å². The number of cyclic esters (lactones) is 1. The third kappa shape index (κ3) is 3.17. The molecule has 3 aliphatic heterocycles. The molecule has 0 N–H and O–H groups in total. The van der Waals surface area contributed by atoms with Crippen molar-refractivity contribution in [2.45, 2.75) is 69.9 Å². The first-order valence-electron chi connectivity index (χ1n) is 9.30. The van der Waals surface area contributed by atoms with Gasteiger partial charge in [-0.15, -0.1) is 0 Å². The number of piperidine rings is 1. The third-order valence-electron chi connectivity index (χ3n) is 5.82. The molecule has 1 amide bonds. The van der Waals surface area contributed by atoms with Crippen LogP contribution in [0, 0.1) is 5.92 Å². The van der Waals surface area contributed by atoms with E-state index in [0.29, 0.717) is 13.0 Å². The summed E-state index contributed by atoms with van der Waals surface area (Å²) in [5.74, 6) is -0.00785. The maximum Gasteiger partial charge on any atom is 0.309 e. The Balaban J connectivity index is 1.44. The first-order valence-corrected chi connectivity index (χ1v) is 9.30. The van der Waals surface area contributed by atoms with E-state index in [1.54, 1.807) is 0 Å². The van der Waals surface area contributed by atoms with E-state index in [1.165, 1.54) is 0 Å². The highest BCUT2D eigenvalue weighted by Crippen LogP contribution is 2.39. The van der Waals surface area contributed by atoms with E-state index in [-0.39, 0.29) is 42.1 Å². The van der Waals surface area contributed by atoms with Gasteiger partial charge in [0, 0.05) is 6.42 Å². The fourth-order valence-corrected chi connectivity index (χ4v) is 4.52. The molecule has 3 fully saturated rings. The van der Waals surface area contributed by atoms with E-state index in [4.69, 9.17) is 9.47 Å². The second-order valence-electron chi connectivity index (χ2n) is 7.50. The molecular weight excluding hydrogens is 318 g/mol. The van der Waals surface area contributed by atoms with Crippen LogP contribution in [0.3, 0.4) is 0 Å². The lowest BCUT2D eigenvalue weighted by Crippen LogP contribution is -2.54. The van der Waals surface area contributed by atoms with Gasteiger partial charge in [-0.1, -0.05) is 37.3 Å². The highest BCUT2D eigenvalue weighted by atomic mass is 16.6. The van der Waals surface area contributed by atoms with Crippen LogP contribution < -0.4 is 0 Å². The van der Waals surface area contributed by atoms with Crippen LogP contribution in [0.2, 0.25) is 0 Å². The molecule has 0 aliphatic carbocycles. The number of rotatable bonds is 4. The number of fused-ring (bicyclic) bond motifs is 1. The fourth-order valence-electron chi connectivity index (χ4n) is 4.52. The van der Waals surface area contributed by atoms with Crippen LogP contribution in [0.25, 0.3) is 0 Å². The minimum Gasteiger partial charge on any atom is -0.460 e. The number of esters is 1. The Morgan fingerprint density at radius 3 is 2.60 bits per heavy atom. The maximum absolute atomic E-state index is 12.6. The summed E-state index contributed by atoms with van der Waals surface area (Å²) >= 11 is 0. The Bertz CT molecular complexity index is 646. The lowest BCUT2D eigenvalue weighted by atomic mass is 9.98. The quantitative estimate of drug-likeness (QED) is 0.789. The molecule has 0 aromatic heterocycles. The van der Waals surface area contributed by atoms with Crippen molar-refractivity contribution in [3.63, 3.8) is 0 Å². The fraction of sp³-hybridized carbons (Fsp3) is 0.600. The molecule has 0 saturated carbocycles. The largest absolute Gasteiger partial charge is 0.460 e. The van der Waals surface area contributed by atoms with Crippen molar-refractivity contribution in [2.75, 3.05) is 0 Å². The van der Waals surface area contributed by atoms with Crippen molar-refractivity contribution in [1.29, 1.82) is 0 Å². The number of ether oxygens (including phenoxy) is 2. The average Bonchev–Trinajstić information content (AvgIpc) is 3.20. The van der Waals surface area contributed by atoms with Gasteiger partial charge in [-0.2, -0.15) is 0 Å². The monoisotopic (exact) mass is 343 g/mol. The summed E-state index contributed by atoms with van der Waals surface area (Å²) in [7, 11) is 0. The number of carbonyl (C=O) groups is 2. The molecule has 0 spiro atoms. The summed E-state index contributed by atoms with van der Waals surface area (Å²) in [6.45, 7) is 2.47. The first-order chi connectivity index (χ1) is 12.1. The second-order valence-corrected chi connectivity index (χ2v) is 7.50. The van der Waals surface area contributed by atoms with Gasteiger partial charge in [-0.3, -0.25) is 9.59 Å². The molecule has 3 saturated heterocycles. The number of hydrogen-bond donors (Lipinski definition) is 0. The maximum atomic E-state index is 12.6. The van der Waals surface area contributed by atoms with Crippen LogP contribution in [0.15, 0.2) is 30.3 Å². The van der Waals surface area contributed by atoms with Crippen LogP contribution in [-0.2, 0) is 25.7 Å². The number of carbonyl (C=O) groups excluding carboxylic acids is 2. The van der Waals surface area contributed by atoms with Crippen molar-refractivity contribution in [3.8, 4) is 0 Å². The molecule has 134 valence electrons. The zero-order valence-corrected chi connectivity index (χ0v) is 14.6. The van der Waals surface area contributed by atoms with Gasteiger partial charge in [-0.25, -0.2) is 0 Å². The Morgan fingerprint density at radius 1 is 1.12 bits per heavy atom. The van der Waals surface area contributed by atoms with Crippen LogP contribution in [0.4, 0.5) is 0 Å². The van der Waals surface area contributed by atoms with E-state index in [1.807, 2.05) is 30.0 Å². The van der Waals surface area contributed by atoms with Crippen molar-refractivity contribution in [3.05, 3.63) is 35.9 Å². The summed E-state index contributed by atoms with van der Waals surface area (Å²) in [6, 6.07) is 10.3. The zero-order valence-electron chi connectivity index (χ0n) is 14.6. The molecule has 3 heterocycles. The zero-order chi connectivity index (χ0) is 17.4. The standard InChI is InChI=1S/C20H25NO4/c1-13-11-18(25-20(13)23)16-8-7-15-17(9-10-19(22)21(15)16)24-12-14-5-3-2-4-6-14/h2-6,13,15-18H,7-12H2,1H3/t13-,15-,16-,17+,18-/m0/s1. The van der Waals surface area contributed by atoms with Gasteiger partial charge < -0.3 is 14.4 Å². The van der Waals surface area contributed by atoms with Gasteiger partial charge in [0.05, 0.1) is 30.7 Å². The summed E-state index contributed by atoms with van der Waals surface area (Å²) in [6.07, 6.45) is 3.75. The molecule has 5 nitrogen and oxygen atoms in total. The smallest absolute Gasteiger partial charge is 0.309 e. The van der Waals surface area contributed by atoms with Gasteiger partial charge in [0.15, 0.2) is 0 Å². The summed E-state index contributed by atoms with van der Waals surface area (Å²) in [4.78, 5) is 26.3. The molecule has 0 unspecified atom stereocenters. The molecule has 5 heteroatoms. The van der Waals surface area contributed by atoms with Crippen molar-refractivity contribution >= 4 is 11.9 Å². The molecule has 4 rings (SSSR count). The number of nitrogens with zero attached hydrogens (tertiary/aromatic N) is 1. The van der Waals surface area contributed by atoms with Crippen LogP contribution in [-0.4, -0.2) is 41.1 Å². The number of hydrogen-bond acceptors (Lipinski definition) is 4. The third-order valence-corrected chi connectivity index (χ3v) is 5.82. The summed E-state index contributed by atoms with van der Waals surface area (Å²) in [5, 5.41) is 0. The molecule has 25 heavy (non-hydrogen) atoms. The minimum atomic E-state index is -0.149. The van der Waals surface area contributed by atoms with Crippen molar-refractivity contribution < 1.29 is 19.1 Å². The molecule has 5 atom stereocenters. The summed E-state index contributed by atoms with van der Waals surface area (Å²) in [5.41, 5.74) is 1.15. The SMILES string of the molecule is C[C@H]1C[C@@H]([C@@H]2CC[C@H]3[C@H](OCc4ccccc4)CCC(=O)N23)OC1=O. The van der Waals surface area contributed by atoms with Gasteiger partial charge in [0.25, 0.3) is 0 Å². The normalized spacial score (nSPS) is 34.9. The van der Waals surface area contributed by atoms with E-state index >= 15 is 0 Å². The topological polar surface area (TPSA) is 55.8 Å². The van der Waals surface area contributed by atoms with Crippen LogP contribution >= 0.6 is 0 Å². The Labute approximate surface area is 148 Å². The van der Waals surface area contributed by atoms with Gasteiger partial charge >= 0.3 is 5.97 Å². The highest BCUT2D eigenvalue weighted by Gasteiger charge is 2.50.